The lowest BCUT2D eigenvalue weighted by Crippen LogP contribution is -2.13. The van der Waals surface area contributed by atoms with Crippen LogP contribution in [0.25, 0.3) is 11.1 Å². The molecule has 0 bridgehead atoms. The van der Waals surface area contributed by atoms with E-state index in [9.17, 15) is 4.79 Å². The number of fused-ring (bicyclic) bond motifs is 1. The molecule has 0 saturated heterocycles. The van der Waals surface area contributed by atoms with E-state index < -0.39 is 0 Å². The monoisotopic (exact) mass is 308 g/mol. The number of aryl methyl sites for hydroxylation is 3. The third kappa shape index (κ3) is 3.42. The van der Waals surface area contributed by atoms with E-state index in [0.29, 0.717) is 18.7 Å². The fourth-order valence-corrected chi connectivity index (χ4v) is 2.60. The van der Waals surface area contributed by atoms with Gasteiger partial charge in [0, 0.05) is 19.0 Å². The summed E-state index contributed by atoms with van der Waals surface area (Å²) in [4.78, 5) is 16.5. The van der Waals surface area contributed by atoms with Gasteiger partial charge in [-0.3, -0.25) is 4.79 Å². The molecule has 0 saturated carbocycles. The van der Waals surface area contributed by atoms with Crippen molar-refractivity contribution in [3.8, 4) is 0 Å². The minimum atomic E-state index is 0.0233. The normalized spacial score (nSPS) is 10.9. The number of rotatable bonds is 4. The Morgan fingerprint density at radius 2 is 2.00 bits per heavy atom. The zero-order valence-electron chi connectivity index (χ0n) is 13.6. The zero-order valence-corrected chi connectivity index (χ0v) is 13.6. The largest absolute Gasteiger partial charge is 0.441 e. The van der Waals surface area contributed by atoms with Gasteiger partial charge in [0.25, 0.3) is 0 Å². The molecule has 0 aliphatic heterocycles. The van der Waals surface area contributed by atoms with Crippen molar-refractivity contribution in [1.82, 2.24) is 4.98 Å². The predicted octanol–water partition coefficient (Wildman–Crippen LogP) is 4.32. The van der Waals surface area contributed by atoms with Crippen molar-refractivity contribution in [2.45, 2.75) is 33.6 Å². The van der Waals surface area contributed by atoms with Gasteiger partial charge in [0.15, 0.2) is 11.5 Å². The van der Waals surface area contributed by atoms with Crippen LogP contribution in [0.1, 0.15) is 29.0 Å². The molecule has 118 valence electrons. The molecule has 4 heteroatoms. The number of hydrogen-bond donors (Lipinski definition) is 1. The number of anilines is 1. The average molecular weight is 308 g/mol. The second kappa shape index (κ2) is 6.24. The van der Waals surface area contributed by atoms with E-state index in [1.165, 1.54) is 5.56 Å². The summed E-state index contributed by atoms with van der Waals surface area (Å²) in [5, 5.41) is 2.99. The molecular formula is C19H20N2O2. The molecule has 1 aromatic heterocycles. The highest BCUT2D eigenvalue weighted by Crippen LogP contribution is 2.20. The van der Waals surface area contributed by atoms with E-state index in [0.717, 1.165) is 27.9 Å². The van der Waals surface area contributed by atoms with E-state index in [2.05, 4.69) is 10.3 Å². The van der Waals surface area contributed by atoms with Crippen molar-refractivity contribution in [3.05, 3.63) is 59.0 Å². The first-order chi connectivity index (χ1) is 11.0. The molecule has 0 fully saturated rings. The van der Waals surface area contributed by atoms with Gasteiger partial charge in [-0.15, -0.1) is 0 Å². The molecule has 0 atom stereocenters. The molecule has 1 amide bonds. The number of hydrogen-bond acceptors (Lipinski definition) is 3. The summed E-state index contributed by atoms with van der Waals surface area (Å²) in [6.45, 7) is 5.89. The predicted molar refractivity (Wildman–Crippen MR) is 91.6 cm³/mol. The lowest BCUT2D eigenvalue weighted by atomic mass is 10.1. The summed E-state index contributed by atoms with van der Waals surface area (Å²) in [5.74, 6) is 0.681. The number of nitrogens with zero attached hydrogens (tertiary/aromatic N) is 1. The minimum Gasteiger partial charge on any atom is -0.441 e. The Labute approximate surface area is 135 Å². The quantitative estimate of drug-likeness (QED) is 0.780. The lowest BCUT2D eigenvalue weighted by molar-refractivity contribution is -0.116. The Hall–Kier alpha value is -2.62. The van der Waals surface area contributed by atoms with Crippen LogP contribution in [0.15, 0.2) is 40.8 Å². The van der Waals surface area contributed by atoms with E-state index >= 15 is 0 Å². The Balaban J connectivity index is 1.64. The Morgan fingerprint density at radius 1 is 1.17 bits per heavy atom. The second-order valence-corrected chi connectivity index (χ2v) is 5.83. The van der Waals surface area contributed by atoms with E-state index in [1.54, 1.807) is 0 Å². The van der Waals surface area contributed by atoms with Gasteiger partial charge in [-0.1, -0.05) is 18.2 Å². The molecule has 2 aromatic carbocycles. The van der Waals surface area contributed by atoms with Crippen LogP contribution in [-0.4, -0.2) is 10.9 Å². The van der Waals surface area contributed by atoms with E-state index in [-0.39, 0.29) is 5.91 Å². The summed E-state index contributed by atoms with van der Waals surface area (Å²) in [5.41, 5.74) is 5.88. The van der Waals surface area contributed by atoms with Crippen LogP contribution < -0.4 is 5.32 Å². The van der Waals surface area contributed by atoms with E-state index in [4.69, 9.17) is 4.42 Å². The average Bonchev–Trinajstić information content (AvgIpc) is 2.89. The van der Waals surface area contributed by atoms with Crippen LogP contribution in [0.4, 0.5) is 5.69 Å². The first kappa shape index (κ1) is 15.3. The minimum absolute atomic E-state index is 0.0233. The molecule has 0 aliphatic rings. The van der Waals surface area contributed by atoms with Gasteiger partial charge in [0.1, 0.15) is 5.52 Å². The van der Waals surface area contributed by atoms with Crippen molar-refractivity contribution in [3.63, 3.8) is 0 Å². The number of nitrogens with one attached hydrogen (secondary N) is 1. The van der Waals surface area contributed by atoms with Gasteiger partial charge >= 0.3 is 0 Å². The molecule has 3 aromatic rings. The van der Waals surface area contributed by atoms with Crippen molar-refractivity contribution in [2.75, 3.05) is 5.32 Å². The maximum Gasteiger partial charge on any atom is 0.224 e. The molecule has 1 N–H and O–H groups in total. The number of aromatic nitrogens is 1. The number of amides is 1. The molecule has 0 radical (unpaired) electrons. The first-order valence-corrected chi connectivity index (χ1v) is 7.75. The van der Waals surface area contributed by atoms with Crippen LogP contribution in [0.3, 0.4) is 0 Å². The topological polar surface area (TPSA) is 55.1 Å². The van der Waals surface area contributed by atoms with Crippen molar-refractivity contribution in [2.24, 2.45) is 0 Å². The van der Waals surface area contributed by atoms with Crippen LogP contribution >= 0.6 is 0 Å². The third-order valence-electron chi connectivity index (χ3n) is 4.08. The van der Waals surface area contributed by atoms with Gasteiger partial charge < -0.3 is 9.73 Å². The van der Waals surface area contributed by atoms with Crippen molar-refractivity contribution in [1.29, 1.82) is 0 Å². The molecule has 4 nitrogen and oxygen atoms in total. The first-order valence-electron chi connectivity index (χ1n) is 7.75. The molecule has 3 rings (SSSR count). The summed E-state index contributed by atoms with van der Waals surface area (Å²) >= 11 is 0. The molecular weight excluding hydrogens is 288 g/mol. The number of oxazole rings is 1. The van der Waals surface area contributed by atoms with Crippen LogP contribution in [0.5, 0.6) is 0 Å². The Kier molecular flexibility index (Phi) is 4.15. The number of benzene rings is 2. The van der Waals surface area contributed by atoms with Crippen molar-refractivity contribution < 1.29 is 9.21 Å². The van der Waals surface area contributed by atoms with Crippen LogP contribution in [0.2, 0.25) is 0 Å². The summed E-state index contributed by atoms with van der Waals surface area (Å²) in [6, 6.07) is 11.8. The summed E-state index contributed by atoms with van der Waals surface area (Å²) in [7, 11) is 0. The van der Waals surface area contributed by atoms with Crippen LogP contribution in [0, 0.1) is 20.8 Å². The third-order valence-corrected chi connectivity index (χ3v) is 4.08. The maximum atomic E-state index is 12.2. The lowest BCUT2D eigenvalue weighted by Gasteiger charge is -2.10. The summed E-state index contributed by atoms with van der Waals surface area (Å²) in [6.07, 6.45) is 1.12. The molecule has 0 unspecified atom stereocenters. The smallest absolute Gasteiger partial charge is 0.224 e. The number of carbonyl (C=O) groups is 1. The van der Waals surface area contributed by atoms with Crippen LogP contribution in [-0.2, 0) is 11.2 Å². The second-order valence-electron chi connectivity index (χ2n) is 5.83. The van der Waals surface area contributed by atoms with Gasteiger partial charge in [-0.25, -0.2) is 4.98 Å². The summed E-state index contributed by atoms with van der Waals surface area (Å²) < 4.78 is 5.46. The van der Waals surface area contributed by atoms with Gasteiger partial charge in [0.2, 0.25) is 5.91 Å². The Morgan fingerprint density at radius 3 is 2.83 bits per heavy atom. The molecule has 23 heavy (non-hydrogen) atoms. The van der Waals surface area contributed by atoms with Gasteiger partial charge in [-0.2, -0.15) is 0 Å². The number of carbonyl (C=O) groups excluding carboxylic acids is 1. The zero-order chi connectivity index (χ0) is 16.4. The maximum absolute atomic E-state index is 12.2. The fraction of sp³-hybridized carbons (Fsp3) is 0.263. The van der Waals surface area contributed by atoms with Crippen molar-refractivity contribution >= 4 is 22.7 Å². The highest BCUT2D eigenvalue weighted by atomic mass is 16.3. The fourth-order valence-electron chi connectivity index (χ4n) is 2.60. The highest BCUT2D eigenvalue weighted by molar-refractivity contribution is 5.91. The van der Waals surface area contributed by atoms with E-state index in [1.807, 2.05) is 57.2 Å². The SMILES string of the molecule is Cc1nc2cc(CCC(=O)Nc3cccc(C)c3C)ccc2o1. The Bertz CT molecular complexity index is 865. The van der Waals surface area contributed by atoms with Gasteiger partial charge in [0.05, 0.1) is 0 Å². The highest BCUT2D eigenvalue weighted by Gasteiger charge is 2.08. The van der Waals surface area contributed by atoms with Gasteiger partial charge in [-0.05, 0) is 55.2 Å². The molecule has 0 aliphatic carbocycles. The standard InChI is InChI=1S/C19H20N2O2/c1-12-5-4-6-16(13(12)2)21-19(22)10-8-15-7-9-18-17(11-15)20-14(3)23-18/h4-7,9,11H,8,10H2,1-3H3,(H,21,22). The molecule has 0 spiro atoms. The molecule has 1 heterocycles.